The van der Waals surface area contributed by atoms with E-state index in [1.165, 1.54) is 25.3 Å². The highest BCUT2D eigenvalue weighted by Gasteiger charge is 2.16. The number of amides is 1. The van der Waals surface area contributed by atoms with Crippen molar-refractivity contribution in [3.05, 3.63) is 58.1 Å². The molecule has 0 unspecified atom stereocenters. The van der Waals surface area contributed by atoms with Gasteiger partial charge in [0, 0.05) is 18.2 Å². The van der Waals surface area contributed by atoms with Crippen LogP contribution in [0.5, 0.6) is 11.5 Å². The molecule has 2 N–H and O–H groups in total. The topological polar surface area (TPSA) is 105 Å². The van der Waals surface area contributed by atoms with Crippen LogP contribution < -0.4 is 10.1 Å². The number of hydrogen-bond acceptors (Lipinski definition) is 6. The Labute approximate surface area is 157 Å². The number of benzene rings is 2. The first-order valence-electron chi connectivity index (χ1n) is 8.56. The highest BCUT2D eigenvalue weighted by Crippen LogP contribution is 2.29. The van der Waals surface area contributed by atoms with Gasteiger partial charge in [0.2, 0.25) is 5.91 Å². The van der Waals surface area contributed by atoms with Gasteiger partial charge in [0.05, 0.1) is 30.3 Å². The van der Waals surface area contributed by atoms with Crippen molar-refractivity contribution in [1.29, 1.82) is 0 Å². The molecule has 0 spiro atoms. The Kier molecular flexibility index (Phi) is 7.13. The third-order valence-corrected chi connectivity index (χ3v) is 3.96. The van der Waals surface area contributed by atoms with E-state index in [9.17, 15) is 20.0 Å². The van der Waals surface area contributed by atoms with Crippen molar-refractivity contribution in [2.75, 3.05) is 25.5 Å². The number of phenols is 1. The average molecular weight is 373 g/mol. The second-order valence-electron chi connectivity index (χ2n) is 6.03. The van der Waals surface area contributed by atoms with E-state index in [1.54, 1.807) is 12.1 Å². The fourth-order valence-electron chi connectivity index (χ4n) is 2.71. The second-order valence-corrected chi connectivity index (χ2v) is 6.03. The van der Waals surface area contributed by atoms with Crippen LogP contribution in [0.2, 0.25) is 0 Å². The van der Waals surface area contributed by atoms with E-state index in [4.69, 9.17) is 4.74 Å². The van der Waals surface area contributed by atoms with Crippen LogP contribution in [0.4, 0.5) is 11.4 Å². The first-order chi connectivity index (χ1) is 12.9. The van der Waals surface area contributed by atoms with Crippen molar-refractivity contribution >= 4 is 17.3 Å². The third kappa shape index (κ3) is 5.68. The molecule has 0 aliphatic heterocycles. The Balaban J connectivity index is 2.07. The molecule has 8 nitrogen and oxygen atoms in total. The molecule has 0 bridgehead atoms. The molecular formula is C19H23N3O5. The van der Waals surface area contributed by atoms with Gasteiger partial charge < -0.3 is 15.2 Å². The van der Waals surface area contributed by atoms with Gasteiger partial charge in [-0.25, -0.2) is 0 Å². The molecule has 0 radical (unpaired) electrons. The third-order valence-electron chi connectivity index (χ3n) is 3.96. The summed E-state index contributed by atoms with van der Waals surface area (Å²) in [6.45, 7) is 3.24. The first kappa shape index (κ1) is 20.2. The fraction of sp³-hybridized carbons (Fsp3) is 0.316. The molecule has 0 saturated carbocycles. The summed E-state index contributed by atoms with van der Waals surface area (Å²) in [4.78, 5) is 24.7. The fourth-order valence-corrected chi connectivity index (χ4v) is 2.71. The normalized spacial score (nSPS) is 10.6. The highest BCUT2D eigenvalue weighted by atomic mass is 16.6. The van der Waals surface area contributed by atoms with Crippen molar-refractivity contribution in [3.63, 3.8) is 0 Å². The van der Waals surface area contributed by atoms with Crippen molar-refractivity contribution in [3.8, 4) is 11.5 Å². The lowest BCUT2D eigenvalue weighted by molar-refractivity contribution is -0.384. The largest absolute Gasteiger partial charge is 0.508 e. The van der Waals surface area contributed by atoms with Crippen LogP contribution >= 0.6 is 0 Å². The molecule has 2 aromatic carbocycles. The molecule has 144 valence electrons. The number of nitrogens with zero attached hydrogens (tertiary/aromatic N) is 2. The van der Waals surface area contributed by atoms with Crippen LogP contribution in [-0.2, 0) is 11.3 Å². The number of ether oxygens (including phenoxy) is 1. The molecule has 0 atom stereocenters. The minimum atomic E-state index is -0.524. The van der Waals surface area contributed by atoms with E-state index in [0.29, 0.717) is 18.8 Å². The van der Waals surface area contributed by atoms with Gasteiger partial charge in [-0.2, -0.15) is 0 Å². The van der Waals surface area contributed by atoms with Gasteiger partial charge in [-0.1, -0.05) is 25.1 Å². The minimum absolute atomic E-state index is 0.113. The highest BCUT2D eigenvalue weighted by molar-refractivity contribution is 5.93. The number of methoxy groups -OCH3 is 1. The lowest BCUT2D eigenvalue weighted by Crippen LogP contribution is -2.33. The Morgan fingerprint density at radius 3 is 2.67 bits per heavy atom. The lowest BCUT2D eigenvalue weighted by Gasteiger charge is -2.22. The zero-order valence-electron chi connectivity index (χ0n) is 15.3. The predicted molar refractivity (Wildman–Crippen MR) is 102 cm³/mol. The summed E-state index contributed by atoms with van der Waals surface area (Å²) in [5, 5.41) is 23.5. The zero-order chi connectivity index (χ0) is 19.8. The maximum Gasteiger partial charge on any atom is 0.273 e. The minimum Gasteiger partial charge on any atom is -0.508 e. The molecule has 27 heavy (non-hydrogen) atoms. The summed E-state index contributed by atoms with van der Waals surface area (Å²) in [6.07, 6.45) is 0.849. The Morgan fingerprint density at radius 1 is 1.30 bits per heavy atom. The summed E-state index contributed by atoms with van der Waals surface area (Å²) in [7, 11) is 1.39. The van der Waals surface area contributed by atoms with Crippen LogP contribution in [-0.4, -0.2) is 41.0 Å². The number of rotatable bonds is 9. The van der Waals surface area contributed by atoms with Crippen LogP contribution in [0, 0.1) is 10.1 Å². The number of nitro groups is 1. The van der Waals surface area contributed by atoms with Crippen molar-refractivity contribution in [2.24, 2.45) is 0 Å². The van der Waals surface area contributed by atoms with Gasteiger partial charge in [-0.3, -0.25) is 19.8 Å². The van der Waals surface area contributed by atoms with Crippen LogP contribution in [0.1, 0.15) is 18.9 Å². The smallest absolute Gasteiger partial charge is 0.273 e. The molecule has 0 aliphatic rings. The number of nitrogens with one attached hydrogen (secondary N) is 1. The molecular weight excluding hydrogens is 350 g/mol. The van der Waals surface area contributed by atoms with Crippen molar-refractivity contribution < 1.29 is 19.6 Å². The molecule has 0 aliphatic carbocycles. The summed E-state index contributed by atoms with van der Waals surface area (Å²) in [5.41, 5.74) is 0.996. The molecule has 2 rings (SSSR count). The number of carbonyl (C=O) groups excluding carboxylic acids is 1. The molecule has 2 aromatic rings. The van der Waals surface area contributed by atoms with Crippen molar-refractivity contribution in [1.82, 2.24) is 4.90 Å². The predicted octanol–water partition coefficient (Wildman–Crippen LogP) is 3.16. The summed E-state index contributed by atoms with van der Waals surface area (Å²) >= 11 is 0. The zero-order valence-corrected chi connectivity index (χ0v) is 15.3. The summed E-state index contributed by atoms with van der Waals surface area (Å²) in [5.74, 6) is 0.141. The molecule has 1 amide bonds. The van der Waals surface area contributed by atoms with Gasteiger partial charge in [0.1, 0.15) is 11.5 Å². The Bertz CT molecular complexity index is 810. The molecule has 0 saturated heterocycles. The maximum absolute atomic E-state index is 12.5. The number of carbonyl (C=O) groups is 1. The molecule has 0 aromatic heterocycles. The molecule has 8 heteroatoms. The van der Waals surface area contributed by atoms with E-state index in [2.05, 4.69) is 5.32 Å². The van der Waals surface area contributed by atoms with Gasteiger partial charge in [-0.05, 0) is 25.1 Å². The second kappa shape index (κ2) is 9.54. The van der Waals surface area contributed by atoms with E-state index in [0.717, 1.165) is 12.0 Å². The number of para-hydroxylation sites is 1. The number of anilines is 1. The Hall–Kier alpha value is -3.13. The molecule has 0 fully saturated rings. The number of nitro benzene ring substituents is 1. The SMILES string of the molecule is CCCN(CC(=O)Nc1ccc([N+](=O)[O-])cc1OC)Cc1ccccc1O. The Morgan fingerprint density at radius 2 is 2.04 bits per heavy atom. The average Bonchev–Trinajstić information content (AvgIpc) is 2.63. The number of hydrogen-bond donors (Lipinski definition) is 2. The van der Waals surface area contributed by atoms with E-state index in [1.807, 2.05) is 24.0 Å². The van der Waals surface area contributed by atoms with E-state index >= 15 is 0 Å². The summed E-state index contributed by atoms with van der Waals surface area (Å²) in [6, 6.07) is 11.0. The summed E-state index contributed by atoms with van der Waals surface area (Å²) < 4.78 is 5.14. The van der Waals surface area contributed by atoms with Gasteiger partial charge >= 0.3 is 0 Å². The molecule has 0 heterocycles. The van der Waals surface area contributed by atoms with Gasteiger partial charge in [-0.15, -0.1) is 0 Å². The van der Waals surface area contributed by atoms with Crippen LogP contribution in [0.25, 0.3) is 0 Å². The monoisotopic (exact) mass is 373 g/mol. The standard InChI is InChI=1S/C19H23N3O5/c1-3-10-21(12-14-6-4-5-7-17(14)23)13-19(24)20-16-9-8-15(22(25)26)11-18(16)27-2/h4-9,11,23H,3,10,12-13H2,1-2H3,(H,20,24). The van der Waals surface area contributed by atoms with Crippen LogP contribution in [0.3, 0.4) is 0 Å². The number of non-ortho nitro benzene ring substituents is 1. The number of phenolic OH excluding ortho intramolecular Hbond substituents is 1. The van der Waals surface area contributed by atoms with E-state index < -0.39 is 4.92 Å². The lowest BCUT2D eigenvalue weighted by atomic mass is 10.2. The van der Waals surface area contributed by atoms with E-state index in [-0.39, 0.29) is 29.6 Å². The van der Waals surface area contributed by atoms with Gasteiger partial charge in [0.25, 0.3) is 5.69 Å². The van der Waals surface area contributed by atoms with Gasteiger partial charge in [0.15, 0.2) is 0 Å². The first-order valence-corrected chi connectivity index (χ1v) is 8.56. The number of aromatic hydroxyl groups is 1. The maximum atomic E-state index is 12.5. The van der Waals surface area contributed by atoms with Crippen LogP contribution in [0.15, 0.2) is 42.5 Å². The van der Waals surface area contributed by atoms with Crippen molar-refractivity contribution in [2.45, 2.75) is 19.9 Å². The quantitative estimate of drug-likeness (QED) is 0.517.